The van der Waals surface area contributed by atoms with Crippen LogP contribution in [0.5, 0.6) is 5.75 Å². The number of aromatic carboxylic acids is 1. The van der Waals surface area contributed by atoms with Crippen molar-refractivity contribution in [1.82, 2.24) is 0 Å². The van der Waals surface area contributed by atoms with Gasteiger partial charge in [0.2, 0.25) is 0 Å². The number of ether oxygens (including phenoxy) is 1. The first-order valence-corrected chi connectivity index (χ1v) is 3.93. The zero-order valence-corrected chi connectivity index (χ0v) is 7.62. The van der Waals surface area contributed by atoms with Crippen molar-refractivity contribution in [1.29, 1.82) is 0 Å². The first-order valence-electron chi connectivity index (χ1n) is 3.93. The Labute approximate surface area is 87.3 Å². The second-order valence-corrected chi connectivity index (χ2v) is 2.65. The minimum atomic E-state index is -3.38. The van der Waals surface area contributed by atoms with Crippen molar-refractivity contribution in [2.45, 2.75) is 6.61 Å². The van der Waals surface area contributed by atoms with Crippen molar-refractivity contribution in [2.24, 2.45) is 0 Å². The molecule has 1 aromatic carbocycles. The predicted octanol–water partition coefficient (Wildman–Crippen LogP) is 1.94. The molecule has 4 nitrogen and oxygen atoms in total. The second-order valence-electron chi connectivity index (χ2n) is 2.65. The van der Waals surface area contributed by atoms with Crippen LogP contribution in [0, 0.1) is 5.82 Å². The maximum absolute atomic E-state index is 13.3. The van der Waals surface area contributed by atoms with Crippen molar-refractivity contribution in [3.63, 3.8) is 0 Å². The van der Waals surface area contributed by atoms with Gasteiger partial charge in [0, 0.05) is 0 Å². The van der Waals surface area contributed by atoms with Gasteiger partial charge in [-0.25, -0.2) is 9.18 Å². The Kier molecular flexibility index (Phi) is 3.49. The molecule has 0 atom stereocenters. The van der Waals surface area contributed by atoms with E-state index < -0.39 is 35.3 Å². The number of halogens is 3. The molecule has 0 saturated heterocycles. The monoisotopic (exact) mass is 234 g/mol. The Bertz CT molecular complexity index is 431. The predicted molar refractivity (Wildman–Crippen MR) is 45.4 cm³/mol. The van der Waals surface area contributed by atoms with Crippen molar-refractivity contribution in [3.8, 4) is 5.75 Å². The van der Waals surface area contributed by atoms with Crippen LogP contribution in [0.3, 0.4) is 0 Å². The molecule has 0 spiro atoms. The number of hydrogen-bond donors (Lipinski definition) is 1. The highest BCUT2D eigenvalue weighted by molar-refractivity contribution is 5.92. The summed E-state index contributed by atoms with van der Waals surface area (Å²) in [6.07, 6.45) is 0.0687. The van der Waals surface area contributed by atoms with E-state index in [9.17, 15) is 22.8 Å². The van der Waals surface area contributed by atoms with Gasteiger partial charge in [-0.05, 0) is 12.1 Å². The highest BCUT2D eigenvalue weighted by atomic mass is 19.3. The van der Waals surface area contributed by atoms with Gasteiger partial charge in [0.25, 0.3) is 0 Å². The Morgan fingerprint density at radius 1 is 1.44 bits per heavy atom. The number of benzene rings is 1. The lowest BCUT2D eigenvalue weighted by Crippen LogP contribution is -2.10. The van der Waals surface area contributed by atoms with E-state index in [4.69, 9.17) is 5.11 Å². The van der Waals surface area contributed by atoms with Crippen molar-refractivity contribution in [3.05, 3.63) is 29.1 Å². The molecule has 0 fully saturated rings. The first-order chi connectivity index (χ1) is 7.47. The van der Waals surface area contributed by atoms with Crippen LogP contribution in [0.1, 0.15) is 20.7 Å². The van der Waals surface area contributed by atoms with Gasteiger partial charge >= 0.3 is 12.6 Å². The Hall–Kier alpha value is -2.05. The Morgan fingerprint density at radius 3 is 2.50 bits per heavy atom. The molecule has 0 heterocycles. The van der Waals surface area contributed by atoms with Crippen LogP contribution in [-0.4, -0.2) is 24.0 Å². The van der Waals surface area contributed by atoms with Crippen molar-refractivity contribution in [2.75, 3.05) is 0 Å². The summed E-state index contributed by atoms with van der Waals surface area (Å²) in [7, 11) is 0. The van der Waals surface area contributed by atoms with Crippen LogP contribution in [0.15, 0.2) is 12.1 Å². The lowest BCUT2D eigenvalue weighted by Gasteiger charge is -2.09. The van der Waals surface area contributed by atoms with E-state index in [-0.39, 0.29) is 6.29 Å². The molecular weight excluding hydrogens is 229 g/mol. The van der Waals surface area contributed by atoms with E-state index in [1.807, 2.05) is 0 Å². The topological polar surface area (TPSA) is 63.6 Å². The molecule has 16 heavy (non-hydrogen) atoms. The van der Waals surface area contributed by atoms with E-state index in [1.165, 1.54) is 0 Å². The number of carbonyl (C=O) groups is 2. The highest BCUT2D eigenvalue weighted by Crippen LogP contribution is 2.26. The van der Waals surface area contributed by atoms with Gasteiger partial charge in [0.05, 0.1) is 5.56 Å². The molecule has 0 unspecified atom stereocenters. The lowest BCUT2D eigenvalue weighted by atomic mass is 10.1. The van der Waals surface area contributed by atoms with Crippen molar-refractivity contribution >= 4 is 12.3 Å². The van der Waals surface area contributed by atoms with Crippen LogP contribution in [0.2, 0.25) is 0 Å². The molecule has 1 aromatic rings. The summed E-state index contributed by atoms with van der Waals surface area (Å²) in [6.45, 7) is -3.38. The molecular formula is C9H5F3O4. The minimum Gasteiger partial charge on any atom is -0.478 e. The normalized spacial score (nSPS) is 10.2. The van der Waals surface area contributed by atoms with Gasteiger partial charge in [-0.15, -0.1) is 0 Å². The zero-order chi connectivity index (χ0) is 12.3. The fourth-order valence-electron chi connectivity index (χ4n) is 1.04. The molecule has 0 aliphatic carbocycles. The summed E-state index contributed by atoms with van der Waals surface area (Å²) < 4.78 is 40.9. The summed E-state index contributed by atoms with van der Waals surface area (Å²) in [6, 6.07) is 1.68. The van der Waals surface area contributed by atoms with Gasteiger partial charge in [0.1, 0.15) is 5.56 Å². The summed E-state index contributed by atoms with van der Waals surface area (Å²) >= 11 is 0. The number of hydrogen-bond acceptors (Lipinski definition) is 3. The number of carbonyl (C=O) groups excluding carboxylic acids is 1. The maximum Gasteiger partial charge on any atom is 0.387 e. The minimum absolute atomic E-state index is 0.0687. The fraction of sp³-hybridized carbons (Fsp3) is 0.111. The van der Waals surface area contributed by atoms with Gasteiger partial charge in [0.15, 0.2) is 17.9 Å². The summed E-state index contributed by atoms with van der Waals surface area (Å²) in [4.78, 5) is 20.9. The standard InChI is InChI=1S/C9H5F3O4/c10-6-4(3-13)1-2-5(8(14)15)7(6)16-9(11)12/h1-3,9H,(H,14,15). The third-order valence-electron chi connectivity index (χ3n) is 1.69. The number of rotatable bonds is 4. The van der Waals surface area contributed by atoms with E-state index in [2.05, 4.69) is 4.74 Å². The fourth-order valence-corrected chi connectivity index (χ4v) is 1.04. The first kappa shape index (κ1) is 12.0. The van der Waals surface area contributed by atoms with Gasteiger partial charge in [-0.3, -0.25) is 4.79 Å². The number of aldehydes is 1. The molecule has 1 N–H and O–H groups in total. The highest BCUT2D eigenvalue weighted by Gasteiger charge is 2.21. The number of alkyl halides is 2. The van der Waals surface area contributed by atoms with Gasteiger partial charge in [-0.2, -0.15) is 8.78 Å². The van der Waals surface area contributed by atoms with Crippen LogP contribution in [-0.2, 0) is 0 Å². The smallest absolute Gasteiger partial charge is 0.387 e. The van der Waals surface area contributed by atoms with Crippen molar-refractivity contribution < 1.29 is 32.6 Å². The van der Waals surface area contributed by atoms with E-state index in [0.29, 0.717) is 0 Å². The zero-order valence-electron chi connectivity index (χ0n) is 7.62. The number of carboxylic acid groups (broad SMARTS) is 1. The quantitative estimate of drug-likeness (QED) is 0.808. The Balaban J connectivity index is 3.36. The molecule has 0 bridgehead atoms. The molecule has 86 valence electrons. The van der Waals surface area contributed by atoms with E-state index >= 15 is 0 Å². The average Bonchev–Trinajstić information content (AvgIpc) is 2.19. The molecule has 0 saturated carbocycles. The lowest BCUT2D eigenvalue weighted by molar-refractivity contribution is -0.0527. The van der Waals surface area contributed by atoms with Gasteiger partial charge < -0.3 is 9.84 Å². The van der Waals surface area contributed by atoms with Crippen LogP contribution in [0.4, 0.5) is 13.2 Å². The third kappa shape index (κ3) is 2.30. The molecule has 0 amide bonds. The molecule has 1 rings (SSSR count). The molecule has 0 radical (unpaired) electrons. The molecule has 7 heteroatoms. The average molecular weight is 234 g/mol. The van der Waals surface area contributed by atoms with E-state index in [0.717, 1.165) is 12.1 Å². The Morgan fingerprint density at radius 2 is 2.06 bits per heavy atom. The molecule has 0 aromatic heterocycles. The summed E-state index contributed by atoms with van der Waals surface area (Å²) in [5.41, 5.74) is -1.33. The van der Waals surface area contributed by atoms with Gasteiger partial charge in [-0.1, -0.05) is 0 Å². The number of carboxylic acids is 1. The summed E-state index contributed by atoms with van der Waals surface area (Å²) in [5, 5.41) is 8.59. The maximum atomic E-state index is 13.3. The third-order valence-corrected chi connectivity index (χ3v) is 1.69. The van der Waals surface area contributed by atoms with Crippen LogP contribution in [0.25, 0.3) is 0 Å². The largest absolute Gasteiger partial charge is 0.478 e. The SMILES string of the molecule is O=Cc1ccc(C(=O)O)c(OC(F)F)c1F. The van der Waals surface area contributed by atoms with E-state index in [1.54, 1.807) is 0 Å². The molecule has 0 aliphatic heterocycles. The second kappa shape index (κ2) is 4.65. The molecule has 0 aliphatic rings. The van der Waals surface area contributed by atoms with Crippen LogP contribution < -0.4 is 4.74 Å². The van der Waals surface area contributed by atoms with Crippen LogP contribution >= 0.6 is 0 Å². The summed E-state index contributed by atoms with van der Waals surface area (Å²) in [5.74, 6) is -4.20.